The van der Waals surface area contributed by atoms with E-state index >= 15 is 0 Å². The van der Waals surface area contributed by atoms with Gasteiger partial charge in [-0.2, -0.15) is 13.2 Å². The number of halogens is 3. The van der Waals surface area contributed by atoms with Crippen LogP contribution in [0.5, 0.6) is 0 Å². The van der Waals surface area contributed by atoms with Crippen molar-refractivity contribution in [1.29, 1.82) is 0 Å². The molecule has 0 spiro atoms. The number of carbonyl (C=O) groups is 2. The molecule has 4 rings (SSSR count). The lowest BCUT2D eigenvalue weighted by Crippen LogP contribution is -2.48. The molecule has 1 aliphatic heterocycles. The second-order valence-corrected chi connectivity index (χ2v) is 9.67. The Hall–Kier alpha value is -3.11. The lowest BCUT2D eigenvalue weighted by atomic mass is 9.99. The largest absolute Gasteiger partial charge is 0.468 e. The van der Waals surface area contributed by atoms with E-state index in [0.717, 1.165) is 19.3 Å². The summed E-state index contributed by atoms with van der Waals surface area (Å²) in [7, 11) is 3.04. The molecule has 0 saturated carbocycles. The number of fused-ring (bicyclic) bond motifs is 3. The average molecular weight is 506 g/mol. The van der Waals surface area contributed by atoms with Gasteiger partial charge in [0.25, 0.3) is 0 Å². The van der Waals surface area contributed by atoms with E-state index in [1.165, 1.54) is 12.1 Å². The van der Waals surface area contributed by atoms with Gasteiger partial charge in [0.15, 0.2) is 0 Å². The van der Waals surface area contributed by atoms with Crippen molar-refractivity contribution in [1.82, 2.24) is 10.2 Å². The molecule has 2 heterocycles. The zero-order chi connectivity index (χ0) is 26.2. The molecular weight excluding hydrogens is 475 g/mol. The van der Waals surface area contributed by atoms with Gasteiger partial charge in [-0.1, -0.05) is 26.0 Å². The number of anilines is 1. The lowest BCUT2D eigenvalue weighted by molar-refractivity contribution is -0.164. The molecule has 0 unspecified atom stereocenters. The van der Waals surface area contributed by atoms with Crippen LogP contribution in [0.2, 0.25) is 0 Å². The van der Waals surface area contributed by atoms with Gasteiger partial charge < -0.3 is 14.1 Å². The summed E-state index contributed by atoms with van der Waals surface area (Å²) in [6.45, 7) is 5.27. The third kappa shape index (κ3) is 5.34. The average Bonchev–Trinajstić information content (AvgIpc) is 3.17. The van der Waals surface area contributed by atoms with Crippen molar-refractivity contribution in [2.45, 2.75) is 38.5 Å². The van der Waals surface area contributed by atoms with Gasteiger partial charge in [0.05, 0.1) is 13.7 Å². The van der Waals surface area contributed by atoms with Crippen molar-refractivity contribution >= 4 is 39.5 Å². The van der Waals surface area contributed by atoms with Gasteiger partial charge in [-0.3, -0.25) is 19.8 Å². The van der Waals surface area contributed by atoms with Crippen molar-refractivity contribution < 1.29 is 31.9 Å². The molecule has 0 aliphatic carbocycles. The molecule has 1 amide bonds. The molecule has 2 aromatic carbocycles. The van der Waals surface area contributed by atoms with E-state index < -0.39 is 24.2 Å². The Labute approximate surface area is 207 Å². The molecule has 3 aromatic rings. The monoisotopic (exact) mass is 505 g/mol. The van der Waals surface area contributed by atoms with E-state index in [9.17, 15) is 22.8 Å². The zero-order valence-electron chi connectivity index (χ0n) is 20.7. The highest BCUT2D eigenvalue weighted by Crippen LogP contribution is 2.38. The number of benzene rings is 2. The molecule has 10 heteroatoms. The zero-order valence-corrected chi connectivity index (χ0v) is 20.7. The van der Waals surface area contributed by atoms with Crippen LogP contribution in [0.1, 0.15) is 31.9 Å². The number of hydrogen-bond acceptors (Lipinski definition) is 6. The first-order valence-electron chi connectivity index (χ1n) is 11.8. The normalized spacial score (nSPS) is 17.2. The number of nitrogens with zero attached hydrogens (tertiary/aromatic N) is 2. The molecule has 1 aromatic heterocycles. The maximum absolute atomic E-state index is 14.1. The van der Waals surface area contributed by atoms with Crippen molar-refractivity contribution in [3.63, 3.8) is 0 Å². The summed E-state index contributed by atoms with van der Waals surface area (Å²) in [5.74, 6) is -0.776. The summed E-state index contributed by atoms with van der Waals surface area (Å²) < 4.78 is 52.9. The van der Waals surface area contributed by atoms with Crippen LogP contribution >= 0.6 is 0 Å². The van der Waals surface area contributed by atoms with Crippen LogP contribution in [-0.2, 0) is 14.3 Å². The Balaban J connectivity index is 1.70. The van der Waals surface area contributed by atoms with Crippen LogP contribution in [0.4, 0.5) is 18.9 Å². The molecule has 1 aliphatic rings. The number of carbonyl (C=O) groups excluding carboxylic acids is 2. The van der Waals surface area contributed by atoms with Crippen LogP contribution in [0.3, 0.4) is 0 Å². The highest BCUT2D eigenvalue weighted by Gasteiger charge is 2.43. The quantitative estimate of drug-likeness (QED) is 0.472. The van der Waals surface area contributed by atoms with Crippen LogP contribution in [0.25, 0.3) is 21.9 Å². The summed E-state index contributed by atoms with van der Waals surface area (Å²) in [6, 6.07) is 6.47. The van der Waals surface area contributed by atoms with E-state index in [0.29, 0.717) is 35.0 Å². The minimum Gasteiger partial charge on any atom is -0.468 e. The van der Waals surface area contributed by atoms with Gasteiger partial charge in [0.1, 0.15) is 23.2 Å². The number of hydrogen-bond donors (Lipinski definition) is 1. The summed E-state index contributed by atoms with van der Waals surface area (Å²) in [5, 5.41) is 3.82. The maximum Gasteiger partial charge on any atom is 0.407 e. The number of nitrogens with one attached hydrogen (secondary N) is 1. The molecule has 7 nitrogen and oxygen atoms in total. The number of alkyl halides is 3. The third-order valence-corrected chi connectivity index (χ3v) is 6.42. The Morgan fingerprint density at radius 1 is 1.11 bits per heavy atom. The molecular formula is C26H30F3N3O4. The SMILES string of the molecule is COC(=O)[C@H](CC(C)C)N[C@@H](c1ccc2c(c1)oc1ccc(N3CCN(C)CC3=O)cc12)C(F)(F)F. The summed E-state index contributed by atoms with van der Waals surface area (Å²) in [6.07, 6.45) is -4.46. The minimum absolute atomic E-state index is 0.0150. The number of furan rings is 1. The highest BCUT2D eigenvalue weighted by atomic mass is 19.4. The fraction of sp³-hybridized carbons (Fsp3) is 0.462. The van der Waals surface area contributed by atoms with Crippen molar-refractivity contribution in [3.8, 4) is 0 Å². The number of esters is 1. The first kappa shape index (κ1) is 26.0. The van der Waals surface area contributed by atoms with E-state index in [2.05, 4.69) is 5.32 Å². The van der Waals surface area contributed by atoms with Gasteiger partial charge >= 0.3 is 12.1 Å². The fourth-order valence-electron chi connectivity index (χ4n) is 4.62. The molecule has 1 N–H and O–H groups in total. The number of ether oxygens (including phenoxy) is 1. The van der Waals surface area contributed by atoms with Crippen molar-refractivity contribution in [2.24, 2.45) is 5.92 Å². The fourth-order valence-corrected chi connectivity index (χ4v) is 4.62. The predicted molar refractivity (Wildman–Crippen MR) is 131 cm³/mol. The molecule has 194 valence electrons. The Morgan fingerprint density at radius 3 is 2.50 bits per heavy atom. The molecule has 36 heavy (non-hydrogen) atoms. The van der Waals surface area contributed by atoms with Crippen LogP contribution in [-0.4, -0.2) is 62.8 Å². The van der Waals surface area contributed by atoms with E-state index in [4.69, 9.17) is 9.15 Å². The molecule has 1 saturated heterocycles. The van der Waals surface area contributed by atoms with Gasteiger partial charge in [0, 0.05) is 29.5 Å². The Kier molecular flexibility index (Phi) is 7.28. The molecule has 0 bridgehead atoms. The van der Waals surface area contributed by atoms with E-state index in [-0.39, 0.29) is 23.8 Å². The smallest absolute Gasteiger partial charge is 0.407 e. The minimum atomic E-state index is -4.65. The number of rotatable bonds is 7. The van der Waals surface area contributed by atoms with Crippen LogP contribution in [0, 0.1) is 5.92 Å². The number of amides is 1. The molecule has 1 fully saturated rings. The van der Waals surface area contributed by atoms with Crippen LogP contribution < -0.4 is 10.2 Å². The summed E-state index contributed by atoms with van der Waals surface area (Å²) >= 11 is 0. The second kappa shape index (κ2) is 10.1. The topological polar surface area (TPSA) is 75.0 Å². The van der Waals surface area contributed by atoms with Crippen LogP contribution in [0.15, 0.2) is 40.8 Å². The first-order valence-corrected chi connectivity index (χ1v) is 11.8. The standard InChI is InChI=1S/C26H30F3N3O4/c1-15(2)11-20(25(34)35-4)30-24(26(27,28)29)16-5-7-18-19-13-17(6-8-21(19)36-22(18)12-16)32-10-9-31(3)14-23(32)33/h5-8,12-13,15,20,24,30H,9-11,14H2,1-4H3/t20-,24-/m0/s1. The highest BCUT2D eigenvalue weighted by molar-refractivity contribution is 6.07. The number of methoxy groups -OCH3 is 1. The van der Waals surface area contributed by atoms with Gasteiger partial charge in [-0.15, -0.1) is 0 Å². The Morgan fingerprint density at radius 2 is 1.86 bits per heavy atom. The Bertz CT molecular complexity index is 1270. The van der Waals surface area contributed by atoms with Crippen molar-refractivity contribution in [2.75, 3.05) is 38.7 Å². The lowest BCUT2D eigenvalue weighted by Gasteiger charge is -2.32. The number of likely N-dealkylation sites (N-methyl/N-ethyl adjacent to an activating group) is 1. The summed E-state index contributed by atoms with van der Waals surface area (Å²) in [4.78, 5) is 28.3. The van der Waals surface area contributed by atoms with Gasteiger partial charge in [-0.05, 0) is 49.2 Å². The molecule has 0 radical (unpaired) electrons. The van der Waals surface area contributed by atoms with E-state index in [1.807, 2.05) is 31.9 Å². The second-order valence-electron chi connectivity index (χ2n) is 9.67. The van der Waals surface area contributed by atoms with Crippen molar-refractivity contribution in [3.05, 3.63) is 42.0 Å². The first-order chi connectivity index (χ1) is 17.0. The summed E-state index contributed by atoms with van der Waals surface area (Å²) in [5.41, 5.74) is 1.45. The predicted octanol–water partition coefficient (Wildman–Crippen LogP) is 4.65. The van der Waals surface area contributed by atoms with E-state index in [1.54, 1.807) is 23.1 Å². The number of piperazine rings is 1. The molecule has 2 atom stereocenters. The van der Waals surface area contributed by atoms with Gasteiger partial charge in [-0.25, -0.2) is 0 Å². The third-order valence-electron chi connectivity index (χ3n) is 6.42. The maximum atomic E-state index is 14.1. The van der Waals surface area contributed by atoms with Gasteiger partial charge in [0.2, 0.25) is 5.91 Å².